The van der Waals surface area contributed by atoms with Crippen LogP contribution in [0.15, 0.2) is 18.2 Å². The maximum Gasteiger partial charge on any atom is 0.129 e. The van der Waals surface area contributed by atoms with E-state index >= 15 is 0 Å². The van der Waals surface area contributed by atoms with E-state index in [0.717, 1.165) is 42.5 Å². The van der Waals surface area contributed by atoms with E-state index in [1.165, 1.54) is 25.0 Å². The second kappa shape index (κ2) is 4.60. The van der Waals surface area contributed by atoms with Crippen LogP contribution >= 0.6 is 0 Å². The molecule has 3 nitrogen and oxygen atoms in total. The number of hydrogen-bond acceptors (Lipinski definition) is 2. The average Bonchev–Trinajstić information content (AvgIpc) is 2.58. The highest BCUT2D eigenvalue weighted by atomic mass is 19.1. The zero-order chi connectivity index (χ0) is 13.5. The van der Waals surface area contributed by atoms with Crippen LogP contribution in [0.2, 0.25) is 0 Å². The molecule has 2 aromatic rings. The van der Waals surface area contributed by atoms with Gasteiger partial charge in [0, 0.05) is 7.05 Å². The lowest BCUT2D eigenvalue weighted by atomic mass is 9.90. The molecule has 0 bridgehead atoms. The lowest BCUT2D eigenvalue weighted by Gasteiger charge is -2.27. The molecule has 1 aliphatic rings. The minimum Gasteiger partial charge on any atom is -0.329 e. The molecule has 1 aromatic heterocycles. The molecule has 1 fully saturated rings. The van der Waals surface area contributed by atoms with Gasteiger partial charge in [-0.1, -0.05) is 25.7 Å². The smallest absolute Gasteiger partial charge is 0.129 e. The van der Waals surface area contributed by atoms with Gasteiger partial charge < -0.3 is 10.3 Å². The van der Waals surface area contributed by atoms with Gasteiger partial charge in [-0.25, -0.2) is 9.37 Å². The summed E-state index contributed by atoms with van der Waals surface area (Å²) in [5.41, 5.74) is 7.90. The summed E-state index contributed by atoms with van der Waals surface area (Å²) in [6.07, 6.45) is 6.72. The third kappa shape index (κ3) is 2.14. The maximum absolute atomic E-state index is 13.4. The summed E-state index contributed by atoms with van der Waals surface area (Å²) >= 11 is 0. The number of rotatable bonds is 1. The Morgan fingerprint density at radius 1 is 1.21 bits per heavy atom. The highest BCUT2D eigenvalue weighted by Gasteiger charge is 2.32. The van der Waals surface area contributed by atoms with Crippen LogP contribution in [0.4, 0.5) is 4.39 Å². The Kier molecular flexibility index (Phi) is 3.05. The fraction of sp³-hybridized carbons (Fsp3) is 0.533. The number of benzene rings is 1. The number of fused-ring (bicyclic) bond motifs is 1. The predicted molar refractivity (Wildman–Crippen MR) is 74.2 cm³/mol. The topological polar surface area (TPSA) is 43.8 Å². The SMILES string of the molecule is Cn1c(C2(N)CCCCCC2)nc2ccc(F)cc21. The van der Waals surface area contributed by atoms with Gasteiger partial charge in [0.25, 0.3) is 0 Å². The Morgan fingerprint density at radius 3 is 2.58 bits per heavy atom. The summed E-state index contributed by atoms with van der Waals surface area (Å²) in [4.78, 5) is 4.66. The van der Waals surface area contributed by atoms with Crippen molar-refractivity contribution in [2.75, 3.05) is 0 Å². The van der Waals surface area contributed by atoms with Crippen molar-refractivity contribution in [2.24, 2.45) is 12.8 Å². The number of nitrogens with two attached hydrogens (primary N) is 1. The highest BCUT2D eigenvalue weighted by Crippen LogP contribution is 2.34. The molecule has 1 heterocycles. The van der Waals surface area contributed by atoms with Gasteiger partial charge in [0.05, 0.1) is 16.6 Å². The van der Waals surface area contributed by atoms with Crippen molar-refractivity contribution in [2.45, 2.75) is 44.1 Å². The van der Waals surface area contributed by atoms with Crippen molar-refractivity contribution in [3.05, 3.63) is 29.8 Å². The van der Waals surface area contributed by atoms with Gasteiger partial charge in [-0.3, -0.25) is 0 Å². The predicted octanol–water partition coefficient (Wildman–Crippen LogP) is 3.22. The van der Waals surface area contributed by atoms with Crippen LogP contribution in [0.3, 0.4) is 0 Å². The quantitative estimate of drug-likeness (QED) is 0.801. The van der Waals surface area contributed by atoms with Gasteiger partial charge in [0.15, 0.2) is 0 Å². The van der Waals surface area contributed by atoms with Gasteiger partial charge in [0.2, 0.25) is 0 Å². The molecule has 0 aliphatic heterocycles. The van der Waals surface area contributed by atoms with Crippen molar-refractivity contribution in [3.8, 4) is 0 Å². The van der Waals surface area contributed by atoms with Crippen molar-refractivity contribution in [3.63, 3.8) is 0 Å². The molecule has 0 atom stereocenters. The zero-order valence-corrected chi connectivity index (χ0v) is 11.3. The summed E-state index contributed by atoms with van der Waals surface area (Å²) in [5.74, 6) is 0.670. The van der Waals surface area contributed by atoms with Gasteiger partial charge in [0.1, 0.15) is 11.6 Å². The molecule has 0 spiro atoms. The van der Waals surface area contributed by atoms with Crippen LogP contribution in [0.5, 0.6) is 0 Å². The first kappa shape index (κ1) is 12.6. The molecular weight excluding hydrogens is 241 g/mol. The van der Waals surface area contributed by atoms with Crippen LogP contribution in [0.25, 0.3) is 11.0 Å². The first-order chi connectivity index (χ1) is 9.10. The molecule has 0 unspecified atom stereocenters. The number of aryl methyl sites for hydroxylation is 1. The van der Waals surface area contributed by atoms with E-state index in [-0.39, 0.29) is 11.4 Å². The maximum atomic E-state index is 13.4. The molecule has 0 saturated heterocycles. The molecule has 19 heavy (non-hydrogen) atoms. The molecule has 3 rings (SSSR count). The minimum absolute atomic E-state index is 0.228. The van der Waals surface area contributed by atoms with Crippen LogP contribution in [-0.4, -0.2) is 9.55 Å². The third-order valence-corrected chi connectivity index (χ3v) is 4.28. The molecule has 1 saturated carbocycles. The Balaban J connectivity index is 2.11. The number of hydrogen-bond donors (Lipinski definition) is 1. The number of imidazole rings is 1. The largest absolute Gasteiger partial charge is 0.329 e. The van der Waals surface area contributed by atoms with Crippen LogP contribution in [0.1, 0.15) is 44.3 Å². The molecule has 1 aromatic carbocycles. The summed E-state index contributed by atoms with van der Waals surface area (Å²) in [6, 6.07) is 4.72. The average molecular weight is 261 g/mol. The number of halogens is 1. The van der Waals surface area contributed by atoms with Gasteiger partial charge in [-0.2, -0.15) is 0 Å². The molecule has 2 N–H and O–H groups in total. The van der Waals surface area contributed by atoms with Crippen molar-refractivity contribution in [1.82, 2.24) is 9.55 Å². The van der Waals surface area contributed by atoms with E-state index in [9.17, 15) is 4.39 Å². The van der Waals surface area contributed by atoms with Gasteiger partial charge in [-0.05, 0) is 31.0 Å². The first-order valence-corrected chi connectivity index (χ1v) is 7.01. The highest BCUT2D eigenvalue weighted by molar-refractivity contribution is 5.76. The van der Waals surface area contributed by atoms with Crippen molar-refractivity contribution in [1.29, 1.82) is 0 Å². The summed E-state index contributed by atoms with van der Waals surface area (Å²) in [6.45, 7) is 0. The number of nitrogens with zero attached hydrogens (tertiary/aromatic N) is 2. The summed E-state index contributed by atoms with van der Waals surface area (Å²) in [7, 11) is 1.93. The Bertz CT molecular complexity index is 595. The molecule has 1 aliphatic carbocycles. The Labute approximate surface area is 112 Å². The van der Waals surface area contributed by atoms with E-state index in [0.29, 0.717) is 0 Å². The Morgan fingerprint density at radius 2 is 1.89 bits per heavy atom. The van der Waals surface area contributed by atoms with E-state index in [2.05, 4.69) is 4.98 Å². The van der Waals surface area contributed by atoms with E-state index in [4.69, 9.17) is 5.73 Å². The van der Waals surface area contributed by atoms with E-state index in [1.54, 1.807) is 6.07 Å². The standard InChI is InChI=1S/C15H20FN3/c1-19-13-10-11(16)6-7-12(13)18-14(19)15(17)8-4-2-3-5-9-15/h6-7,10H,2-5,8-9,17H2,1H3. The lowest BCUT2D eigenvalue weighted by molar-refractivity contribution is 0.355. The molecule has 0 amide bonds. The fourth-order valence-corrected chi connectivity index (χ4v) is 3.19. The van der Waals surface area contributed by atoms with E-state index in [1.807, 2.05) is 11.6 Å². The lowest BCUT2D eigenvalue weighted by Crippen LogP contribution is -2.38. The molecule has 102 valence electrons. The summed E-state index contributed by atoms with van der Waals surface area (Å²) in [5, 5.41) is 0. The first-order valence-electron chi connectivity index (χ1n) is 7.01. The van der Waals surface area contributed by atoms with E-state index < -0.39 is 0 Å². The zero-order valence-electron chi connectivity index (χ0n) is 11.3. The molecular formula is C15H20FN3. The monoisotopic (exact) mass is 261 g/mol. The second-order valence-corrected chi connectivity index (χ2v) is 5.70. The molecule has 4 heteroatoms. The van der Waals surface area contributed by atoms with Crippen LogP contribution in [-0.2, 0) is 12.6 Å². The van der Waals surface area contributed by atoms with Gasteiger partial charge >= 0.3 is 0 Å². The van der Waals surface area contributed by atoms with Crippen molar-refractivity contribution >= 4 is 11.0 Å². The Hall–Kier alpha value is -1.42. The van der Waals surface area contributed by atoms with Crippen LogP contribution in [0, 0.1) is 5.82 Å². The van der Waals surface area contributed by atoms with Crippen molar-refractivity contribution < 1.29 is 4.39 Å². The number of aromatic nitrogens is 2. The van der Waals surface area contributed by atoms with Crippen LogP contribution < -0.4 is 5.73 Å². The minimum atomic E-state index is -0.360. The normalized spacial score (nSPS) is 19.5. The summed E-state index contributed by atoms with van der Waals surface area (Å²) < 4.78 is 15.3. The molecule has 0 radical (unpaired) electrons. The van der Waals surface area contributed by atoms with Gasteiger partial charge in [-0.15, -0.1) is 0 Å². The third-order valence-electron chi connectivity index (χ3n) is 4.28. The fourth-order valence-electron chi connectivity index (χ4n) is 3.19. The second-order valence-electron chi connectivity index (χ2n) is 5.70.